The SMILES string of the molecule is COc1ccc(N2C(=O)[C@H](N3C(=O)CSC3=Nc3ccc(C#N)cc3)[C@H]2c2ccccc2)cc1. The van der Waals surface area contributed by atoms with Crippen LogP contribution in [0.4, 0.5) is 11.4 Å². The van der Waals surface area contributed by atoms with E-state index in [0.29, 0.717) is 22.2 Å². The third-order valence-electron chi connectivity index (χ3n) is 5.86. The minimum Gasteiger partial charge on any atom is -0.497 e. The van der Waals surface area contributed by atoms with Crippen molar-refractivity contribution in [3.05, 3.63) is 90.0 Å². The van der Waals surface area contributed by atoms with Crippen molar-refractivity contribution in [2.24, 2.45) is 4.99 Å². The van der Waals surface area contributed by atoms with Crippen molar-refractivity contribution in [3.8, 4) is 11.8 Å². The number of benzene rings is 3. The summed E-state index contributed by atoms with van der Waals surface area (Å²) >= 11 is 1.32. The summed E-state index contributed by atoms with van der Waals surface area (Å²) < 4.78 is 5.25. The molecule has 7 nitrogen and oxygen atoms in total. The number of thioether (sulfide) groups is 1. The Balaban J connectivity index is 1.52. The molecule has 3 aromatic carbocycles. The molecule has 0 aromatic heterocycles. The molecule has 0 radical (unpaired) electrons. The Morgan fingerprint density at radius 2 is 1.65 bits per heavy atom. The van der Waals surface area contributed by atoms with Crippen molar-refractivity contribution in [2.75, 3.05) is 17.8 Å². The standard InChI is InChI=1S/C26H20N4O3S/c1-33-21-13-11-20(12-14-21)29-23(18-5-3-2-4-6-18)24(25(29)32)30-22(31)16-34-26(30)28-19-9-7-17(15-27)8-10-19/h2-14,23-24H,16H2,1H3/t23-,24-/m1/s1. The lowest BCUT2D eigenvalue weighted by atomic mass is 9.86. The quantitative estimate of drug-likeness (QED) is 0.522. The van der Waals surface area contributed by atoms with Crippen LogP contribution in [0.3, 0.4) is 0 Å². The van der Waals surface area contributed by atoms with Gasteiger partial charge in [-0.3, -0.25) is 14.5 Å². The number of rotatable bonds is 5. The number of amidine groups is 1. The number of hydrogen-bond donors (Lipinski definition) is 0. The van der Waals surface area contributed by atoms with E-state index in [1.807, 2.05) is 54.6 Å². The molecule has 2 aliphatic heterocycles. The molecule has 0 spiro atoms. The van der Waals surface area contributed by atoms with Gasteiger partial charge in [0.25, 0.3) is 5.91 Å². The van der Waals surface area contributed by atoms with Gasteiger partial charge in [-0.2, -0.15) is 5.26 Å². The molecule has 2 aliphatic rings. The molecule has 0 unspecified atom stereocenters. The van der Waals surface area contributed by atoms with E-state index >= 15 is 0 Å². The van der Waals surface area contributed by atoms with Gasteiger partial charge in [0.1, 0.15) is 11.8 Å². The molecule has 0 saturated carbocycles. The third-order valence-corrected chi connectivity index (χ3v) is 6.80. The van der Waals surface area contributed by atoms with Crippen LogP contribution in [-0.4, -0.2) is 40.8 Å². The zero-order valence-corrected chi connectivity index (χ0v) is 19.1. The Morgan fingerprint density at radius 1 is 0.941 bits per heavy atom. The second-order valence-corrected chi connectivity index (χ2v) is 8.75. The first-order chi connectivity index (χ1) is 16.6. The normalized spacial score (nSPS) is 20.9. The average Bonchev–Trinajstić information content (AvgIpc) is 3.23. The van der Waals surface area contributed by atoms with E-state index in [1.54, 1.807) is 36.3 Å². The Bertz CT molecular complexity index is 1300. The molecule has 168 valence electrons. The van der Waals surface area contributed by atoms with Crippen molar-refractivity contribution in [1.29, 1.82) is 5.26 Å². The highest BCUT2D eigenvalue weighted by Crippen LogP contribution is 2.44. The molecule has 2 amide bonds. The summed E-state index contributed by atoms with van der Waals surface area (Å²) in [6, 6.07) is 24.9. The molecular formula is C26H20N4O3S. The fourth-order valence-corrected chi connectivity index (χ4v) is 5.11. The van der Waals surface area contributed by atoms with E-state index in [1.165, 1.54) is 16.7 Å². The van der Waals surface area contributed by atoms with E-state index in [0.717, 1.165) is 11.3 Å². The van der Waals surface area contributed by atoms with E-state index in [9.17, 15) is 9.59 Å². The summed E-state index contributed by atoms with van der Waals surface area (Å²) in [4.78, 5) is 34.4. The molecule has 2 heterocycles. The first-order valence-electron chi connectivity index (χ1n) is 10.7. The highest BCUT2D eigenvalue weighted by Gasteiger charge is 2.55. The number of hydrogen-bond acceptors (Lipinski definition) is 6. The van der Waals surface area contributed by atoms with Crippen LogP contribution in [0.2, 0.25) is 0 Å². The minimum atomic E-state index is -0.691. The lowest BCUT2D eigenvalue weighted by Gasteiger charge is -2.50. The van der Waals surface area contributed by atoms with E-state index in [4.69, 9.17) is 10.00 Å². The summed E-state index contributed by atoms with van der Waals surface area (Å²) in [7, 11) is 1.60. The summed E-state index contributed by atoms with van der Waals surface area (Å²) in [6.45, 7) is 0. The lowest BCUT2D eigenvalue weighted by molar-refractivity contribution is -0.138. The van der Waals surface area contributed by atoms with E-state index in [2.05, 4.69) is 11.1 Å². The molecule has 0 bridgehead atoms. The molecule has 2 fully saturated rings. The number of β-lactam (4-membered cyclic amide) rings is 1. The van der Waals surface area contributed by atoms with Gasteiger partial charge >= 0.3 is 0 Å². The number of carbonyl (C=O) groups excluding carboxylic acids is 2. The second-order valence-electron chi connectivity index (χ2n) is 7.81. The Hall–Kier alpha value is -4.09. The summed E-state index contributed by atoms with van der Waals surface area (Å²) in [5, 5.41) is 9.51. The Morgan fingerprint density at radius 3 is 2.29 bits per heavy atom. The molecule has 8 heteroatoms. The predicted octanol–water partition coefficient (Wildman–Crippen LogP) is 4.29. The molecule has 0 N–H and O–H groups in total. The Kier molecular flexibility index (Phi) is 5.78. The van der Waals surface area contributed by atoms with Gasteiger partial charge in [0.05, 0.1) is 36.2 Å². The molecule has 34 heavy (non-hydrogen) atoms. The fraction of sp³-hybridized carbons (Fsp3) is 0.154. The highest BCUT2D eigenvalue weighted by atomic mass is 32.2. The molecular weight excluding hydrogens is 448 g/mol. The number of amides is 2. The molecule has 3 aromatic rings. The van der Waals surface area contributed by atoms with Gasteiger partial charge < -0.3 is 9.64 Å². The minimum absolute atomic E-state index is 0.147. The van der Waals surface area contributed by atoms with Crippen LogP contribution in [0.15, 0.2) is 83.9 Å². The number of nitrogens with zero attached hydrogens (tertiary/aromatic N) is 4. The van der Waals surface area contributed by atoms with E-state index < -0.39 is 6.04 Å². The van der Waals surface area contributed by atoms with Gasteiger partial charge in [-0.15, -0.1) is 0 Å². The number of ether oxygens (including phenoxy) is 1. The first kappa shape index (κ1) is 21.7. The maximum atomic E-state index is 13.5. The van der Waals surface area contributed by atoms with Gasteiger partial charge in [-0.1, -0.05) is 42.1 Å². The van der Waals surface area contributed by atoms with Gasteiger partial charge in [0, 0.05) is 5.69 Å². The smallest absolute Gasteiger partial charge is 0.253 e. The van der Waals surface area contributed by atoms with Crippen molar-refractivity contribution in [2.45, 2.75) is 12.1 Å². The lowest BCUT2D eigenvalue weighted by Crippen LogP contribution is -2.67. The van der Waals surface area contributed by atoms with Crippen molar-refractivity contribution >= 4 is 40.1 Å². The van der Waals surface area contributed by atoms with Crippen LogP contribution in [0, 0.1) is 11.3 Å². The molecule has 0 aliphatic carbocycles. The van der Waals surface area contributed by atoms with Crippen molar-refractivity contribution in [1.82, 2.24) is 4.90 Å². The number of methoxy groups -OCH3 is 1. The Labute approximate surface area is 201 Å². The molecule has 2 atom stereocenters. The topological polar surface area (TPSA) is 86.0 Å². The average molecular weight is 469 g/mol. The number of carbonyl (C=O) groups is 2. The maximum Gasteiger partial charge on any atom is 0.253 e. The summed E-state index contributed by atoms with van der Waals surface area (Å²) in [5.41, 5.74) is 2.83. The fourth-order valence-electron chi connectivity index (χ4n) is 4.19. The van der Waals surface area contributed by atoms with Crippen LogP contribution in [0.5, 0.6) is 5.75 Å². The molecule has 2 saturated heterocycles. The van der Waals surface area contributed by atoms with Crippen LogP contribution >= 0.6 is 11.8 Å². The predicted molar refractivity (Wildman–Crippen MR) is 131 cm³/mol. The molecule has 5 rings (SSSR count). The number of aliphatic imine (C=N–C) groups is 1. The van der Waals surface area contributed by atoms with Crippen molar-refractivity contribution in [3.63, 3.8) is 0 Å². The van der Waals surface area contributed by atoms with Crippen molar-refractivity contribution < 1.29 is 14.3 Å². The van der Waals surface area contributed by atoms with Gasteiger partial charge in [0.2, 0.25) is 5.91 Å². The largest absolute Gasteiger partial charge is 0.497 e. The zero-order chi connectivity index (χ0) is 23.7. The van der Waals surface area contributed by atoms with Gasteiger partial charge in [-0.25, -0.2) is 4.99 Å². The van der Waals surface area contributed by atoms with Crippen LogP contribution in [-0.2, 0) is 9.59 Å². The van der Waals surface area contributed by atoms with Crippen LogP contribution < -0.4 is 9.64 Å². The summed E-state index contributed by atoms with van der Waals surface area (Å²) in [5.74, 6) is 0.615. The number of nitriles is 1. The van der Waals surface area contributed by atoms with Crippen LogP contribution in [0.25, 0.3) is 0 Å². The highest BCUT2D eigenvalue weighted by molar-refractivity contribution is 8.15. The van der Waals surface area contributed by atoms with E-state index in [-0.39, 0.29) is 23.6 Å². The second kappa shape index (κ2) is 9.04. The number of anilines is 1. The summed E-state index contributed by atoms with van der Waals surface area (Å²) in [6.07, 6.45) is 0. The first-order valence-corrected chi connectivity index (χ1v) is 11.6. The monoisotopic (exact) mass is 468 g/mol. The third kappa shape index (κ3) is 3.80. The maximum absolute atomic E-state index is 13.5. The van der Waals surface area contributed by atoms with Gasteiger partial charge in [-0.05, 0) is 54.1 Å². The van der Waals surface area contributed by atoms with Crippen LogP contribution in [0.1, 0.15) is 17.2 Å². The zero-order valence-electron chi connectivity index (χ0n) is 18.3. The van der Waals surface area contributed by atoms with Gasteiger partial charge in [0.15, 0.2) is 5.17 Å².